The molecule has 1 saturated heterocycles. The maximum atomic E-state index is 13.3. The van der Waals surface area contributed by atoms with Crippen LogP contribution in [0.2, 0.25) is 0 Å². The molecule has 39 heavy (non-hydrogen) atoms. The molecule has 1 unspecified atom stereocenters. The van der Waals surface area contributed by atoms with Crippen LogP contribution in [0.5, 0.6) is 0 Å². The first-order valence-electron chi connectivity index (χ1n) is 14.1. The Bertz CT molecular complexity index is 965. The van der Waals surface area contributed by atoms with Crippen LogP contribution in [0.25, 0.3) is 0 Å². The number of hydrogen-bond acceptors (Lipinski definition) is 5. The van der Waals surface area contributed by atoms with E-state index in [4.69, 9.17) is 4.74 Å². The van der Waals surface area contributed by atoms with E-state index in [9.17, 15) is 19.2 Å². The van der Waals surface area contributed by atoms with Crippen molar-refractivity contribution in [3.05, 3.63) is 35.9 Å². The zero-order valence-corrected chi connectivity index (χ0v) is 24.9. The molecule has 2 rings (SSSR count). The predicted octanol–water partition coefficient (Wildman–Crippen LogP) is 4.18. The minimum Gasteiger partial charge on any atom is -0.444 e. The Labute approximate surface area is 233 Å². The molecule has 1 heterocycles. The van der Waals surface area contributed by atoms with Gasteiger partial charge in [0.05, 0.1) is 6.04 Å². The van der Waals surface area contributed by atoms with Gasteiger partial charge in [-0.1, -0.05) is 58.0 Å². The maximum Gasteiger partial charge on any atom is 0.408 e. The molecule has 0 radical (unpaired) electrons. The van der Waals surface area contributed by atoms with Crippen molar-refractivity contribution in [3.8, 4) is 0 Å². The third kappa shape index (κ3) is 10.5. The van der Waals surface area contributed by atoms with Gasteiger partial charge in [0, 0.05) is 19.0 Å². The summed E-state index contributed by atoms with van der Waals surface area (Å²) in [5, 5.41) is 8.71. The van der Waals surface area contributed by atoms with Crippen molar-refractivity contribution in [2.24, 2.45) is 17.8 Å². The maximum absolute atomic E-state index is 13.3. The molecule has 9 heteroatoms. The van der Waals surface area contributed by atoms with Gasteiger partial charge in [-0.05, 0) is 64.4 Å². The molecule has 1 aliphatic heterocycles. The number of carbonyl (C=O) groups is 4. The first-order chi connectivity index (χ1) is 18.2. The summed E-state index contributed by atoms with van der Waals surface area (Å²) < 4.78 is 5.35. The van der Waals surface area contributed by atoms with Crippen molar-refractivity contribution in [1.82, 2.24) is 20.9 Å². The average Bonchev–Trinajstić information content (AvgIpc) is 2.85. The average molecular weight is 545 g/mol. The minimum atomic E-state index is -0.689. The van der Waals surface area contributed by atoms with E-state index in [1.165, 1.54) is 0 Å². The minimum absolute atomic E-state index is 0.0886. The van der Waals surface area contributed by atoms with Gasteiger partial charge in [-0.15, -0.1) is 0 Å². The fraction of sp³-hybridized carbons (Fsp3) is 0.667. The monoisotopic (exact) mass is 544 g/mol. The highest BCUT2D eigenvalue weighted by atomic mass is 16.6. The second kappa shape index (κ2) is 14.3. The molecule has 0 aromatic heterocycles. The lowest BCUT2D eigenvalue weighted by Gasteiger charge is -2.35. The first kappa shape index (κ1) is 32.1. The lowest BCUT2D eigenvalue weighted by atomic mass is 9.93. The van der Waals surface area contributed by atoms with E-state index in [0.717, 1.165) is 5.56 Å². The molecular weight excluding hydrogens is 496 g/mol. The molecule has 1 fully saturated rings. The molecule has 1 aromatic carbocycles. The van der Waals surface area contributed by atoms with E-state index >= 15 is 0 Å². The highest BCUT2D eigenvalue weighted by Gasteiger charge is 2.34. The highest BCUT2D eigenvalue weighted by Crippen LogP contribution is 2.21. The number of nitrogens with one attached hydrogen (secondary N) is 3. The summed E-state index contributed by atoms with van der Waals surface area (Å²) >= 11 is 0. The third-order valence-corrected chi connectivity index (χ3v) is 6.78. The predicted molar refractivity (Wildman–Crippen MR) is 152 cm³/mol. The van der Waals surface area contributed by atoms with E-state index in [1.807, 2.05) is 65.0 Å². The van der Waals surface area contributed by atoms with Crippen molar-refractivity contribution in [1.29, 1.82) is 0 Å². The Balaban J connectivity index is 1.95. The van der Waals surface area contributed by atoms with Crippen molar-refractivity contribution in [2.75, 3.05) is 13.1 Å². The van der Waals surface area contributed by atoms with Crippen LogP contribution in [0.3, 0.4) is 0 Å². The van der Waals surface area contributed by atoms with Crippen molar-refractivity contribution >= 4 is 23.8 Å². The summed E-state index contributed by atoms with van der Waals surface area (Å²) in [7, 11) is 0. The SMILES string of the molecule is CC(C)C[C@H](NC(=O)OC(C)(C)C)C(=O)N1CCC(C(=O)N[C@H](C(=O)NC(C)c2ccccc2)C(C)C)CC1. The van der Waals surface area contributed by atoms with Crippen LogP contribution in [-0.2, 0) is 19.1 Å². The molecule has 0 aliphatic carbocycles. The van der Waals surface area contributed by atoms with Gasteiger partial charge >= 0.3 is 6.09 Å². The second-order valence-corrected chi connectivity index (χ2v) is 12.3. The molecular formula is C30H48N4O5. The van der Waals surface area contributed by atoms with Crippen molar-refractivity contribution < 1.29 is 23.9 Å². The number of hydrogen-bond donors (Lipinski definition) is 3. The number of alkyl carbamates (subject to hydrolysis) is 1. The van der Waals surface area contributed by atoms with Crippen LogP contribution >= 0.6 is 0 Å². The van der Waals surface area contributed by atoms with Gasteiger partial charge in [0.15, 0.2) is 0 Å². The number of carbonyl (C=O) groups excluding carboxylic acids is 4. The smallest absolute Gasteiger partial charge is 0.408 e. The lowest BCUT2D eigenvalue weighted by Crippen LogP contribution is -2.54. The van der Waals surface area contributed by atoms with E-state index in [-0.39, 0.29) is 41.5 Å². The van der Waals surface area contributed by atoms with Gasteiger partial charge in [-0.3, -0.25) is 14.4 Å². The van der Waals surface area contributed by atoms with Crippen LogP contribution in [0.4, 0.5) is 4.79 Å². The summed E-state index contributed by atoms with van der Waals surface area (Å²) in [6, 6.07) is 8.16. The van der Waals surface area contributed by atoms with E-state index in [1.54, 1.807) is 25.7 Å². The Kier molecular flexibility index (Phi) is 11.8. The molecule has 3 atom stereocenters. The number of amides is 4. The fourth-order valence-electron chi connectivity index (χ4n) is 4.66. The molecule has 4 amide bonds. The fourth-order valence-corrected chi connectivity index (χ4v) is 4.66. The number of nitrogens with zero attached hydrogens (tertiary/aromatic N) is 1. The summed E-state index contributed by atoms with van der Waals surface area (Å²) in [6.45, 7) is 15.9. The van der Waals surface area contributed by atoms with Crippen LogP contribution in [0.15, 0.2) is 30.3 Å². The Hall–Kier alpha value is -3.10. The summed E-state index contributed by atoms with van der Waals surface area (Å²) in [6.07, 6.45) is 0.858. The van der Waals surface area contributed by atoms with Crippen LogP contribution in [-0.4, -0.2) is 59.5 Å². The number of benzene rings is 1. The van der Waals surface area contributed by atoms with Gasteiger partial charge in [0.2, 0.25) is 17.7 Å². The van der Waals surface area contributed by atoms with Crippen molar-refractivity contribution in [3.63, 3.8) is 0 Å². The van der Waals surface area contributed by atoms with Gasteiger partial charge in [0.25, 0.3) is 0 Å². The number of ether oxygens (including phenoxy) is 1. The largest absolute Gasteiger partial charge is 0.444 e. The summed E-state index contributed by atoms with van der Waals surface area (Å²) in [4.78, 5) is 53.5. The molecule has 1 aliphatic rings. The van der Waals surface area contributed by atoms with Gasteiger partial charge in [-0.2, -0.15) is 0 Å². The molecule has 0 spiro atoms. The Morgan fingerprint density at radius 3 is 2.03 bits per heavy atom. The molecule has 3 N–H and O–H groups in total. The van der Waals surface area contributed by atoms with E-state index in [0.29, 0.717) is 32.4 Å². The zero-order valence-electron chi connectivity index (χ0n) is 24.9. The molecule has 9 nitrogen and oxygen atoms in total. The zero-order chi connectivity index (χ0) is 29.3. The normalized spacial score (nSPS) is 16.8. The van der Waals surface area contributed by atoms with E-state index < -0.39 is 23.8 Å². The third-order valence-electron chi connectivity index (χ3n) is 6.78. The Morgan fingerprint density at radius 2 is 1.51 bits per heavy atom. The number of piperidine rings is 1. The molecule has 0 bridgehead atoms. The van der Waals surface area contributed by atoms with Gasteiger partial charge in [-0.25, -0.2) is 4.79 Å². The van der Waals surface area contributed by atoms with E-state index in [2.05, 4.69) is 16.0 Å². The first-order valence-corrected chi connectivity index (χ1v) is 14.1. The van der Waals surface area contributed by atoms with Crippen LogP contribution in [0, 0.1) is 17.8 Å². The summed E-state index contributed by atoms with van der Waals surface area (Å²) in [5.41, 5.74) is 0.333. The van der Waals surface area contributed by atoms with Gasteiger partial charge in [0.1, 0.15) is 17.7 Å². The van der Waals surface area contributed by atoms with Crippen LogP contribution in [0.1, 0.15) is 86.3 Å². The molecule has 0 saturated carbocycles. The summed E-state index contributed by atoms with van der Waals surface area (Å²) in [5.74, 6) is -0.740. The highest BCUT2D eigenvalue weighted by molar-refractivity contribution is 5.89. The Morgan fingerprint density at radius 1 is 0.923 bits per heavy atom. The second-order valence-electron chi connectivity index (χ2n) is 12.3. The quantitative estimate of drug-likeness (QED) is 0.409. The molecule has 218 valence electrons. The molecule has 1 aromatic rings. The standard InChI is InChI=1S/C30H48N4O5/c1-19(2)18-24(32-29(38)39-30(6,7)8)28(37)34-16-14-23(15-17-34)26(35)33-25(20(3)4)27(36)31-21(5)22-12-10-9-11-13-22/h9-13,19-21,23-25H,14-18H2,1-8H3,(H,31,36)(H,32,38)(H,33,35)/t21?,24-,25-/m0/s1. The van der Waals surface area contributed by atoms with Crippen LogP contribution < -0.4 is 16.0 Å². The topological polar surface area (TPSA) is 117 Å². The van der Waals surface area contributed by atoms with Gasteiger partial charge < -0.3 is 25.6 Å². The number of rotatable bonds is 10. The lowest BCUT2D eigenvalue weighted by molar-refractivity contribution is -0.138. The van der Waals surface area contributed by atoms with Crippen molar-refractivity contribution in [2.45, 2.75) is 98.4 Å². The number of likely N-dealkylation sites (tertiary alicyclic amines) is 1.